The molecule has 0 N–H and O–H groups in total. The minimum Gasteiger partial charge on any atom is -0.456 e. The van der Waals surface area contributed by atoms with Crippen LogP contribution in [0.4, 0.5) is 0 Å². The Morgan fingerprint density at radius 2 is 0.860 bits per heavy atom. The zero-order valence-electron chi connectivity index (χ0n) is 30.3. The molecule has 0 saturated carbocycles. The zero-order chi connectivity index (χ0) is 37.5. The molecule has 0 aliphatic heterocycles. The molecule has 0 radical (unpaired) electrons. The van der Waals surface area contributed by atoms with Gasteiger partial charge in [0, 0.05) is 69.5 Å². The van der Waals surface area contributed by atoms with Crippen LogP contribution in [0.5, 0.6) is 0 Å². The summed E-state index contributed by atoms with van der Waals surface area (Å²) in [4.78, 5) is 15.1. The average molecular weight is 748 g/mol. The Balaban J connectivity index is 1.09. The summed E-state index contributed by atoms with van der Waals surface area (Å²) in [5.41, 5.74) is 10.6. The Kier molecular flexibility index (Phi) is 7.03. The van der Waals surface area contributed by atoms with Crippen molar-refractivity contribution >= 4 is 75.4 Å². The lowest BCUT2D eigenvalue weighted by Crippen LogP contribution is -2.00. The summed E-state index contributed by atoms with van der Waals surface area (Å²) in [6, 6.07) is 60.7. The summed E-state index contributed by atoms with van der Waals surface area (Å²) in [6.45, 7) is 0. The lowest BCUT2D eigenvalue weighted by Gasteiger charge is -2.11. The van der Waals surface area contributed by atoms with Gasteiger partial charge in [-0.1, -0.05) is 152 Å². The Bertz CT molecular complexity index is 3470. The van der Waals surface area contributed by atoms with Gasteiger partial charge >= 0.3 is 0 Å². The van der Waals surface area contributed by atoms with Crippen LogP contribution in [0.1, 0.15) is 0 Å². The number of rotatable bonds is 5. The number of nitrogens with zero attached hydrogens (tertiary/aromatic N) is 3. The van der Waals surface area contributed by atoms with Crippen LogP contribution in [0.2, 0.25) is 0 Å². The molecule has 0 unspecified atom stereocenters. The Morgan fingerprint density at radius 3 is 1.63 bits per heavy atom. The van der Waals surface area contributed by atoms with Crippen LogP contribution in [-0.4, -0.2) is 15.0 Å². The van der Waals surface area contributed by atoms with Gasteiger partial charge in [0.05, 0.1) is 0 Å². The van der Waals surface area contributed by atoms with Gasteiger partial charge in [-0.05, 0) is 35.4 Å². The third-order valence-corrected chi connectivity index (χ3v) is 12.2. The van der Waals surface area contributed by atoms with Crippen molar-refractivity contribution in [1.29, 1.82) is 0 Å². The van der Waals surface area contributed by atoms with Crippen molar-refractivity contribution in [3.8, 4) is 56.4 Å². The fourth-order valence-electron chi connectivity index (χ4n) is 8.44. The fraction of sp³-hybridized carbons (Fsp3) is 0. The maximum Gasteiger partial charge on any atom is 0.164 e. The molecule has 0 amide bonds. The summed E-state index contributed by atoms with van der Waals surface area (Å²) < 4.78 is 15.7. The van der Waals surface area contributed by atoms with Gasteiger partial charge < -0.3 is 8.83 Å². The first-order valence-electron chi connectivity index (χ1n) is 18.9. The average Bonchev–Trinajstić information content (AvgIpc) is 3.98. The van der Waals surface area contributed by atoms with E-state index in [2.05, 4.69) is 91.0 Å². The van der Waals surface area contributed by atoms with Gasteiger partial charge in [-0.15, -0.1) is 11.3 Å². The van der Waals surface area contributed by atoms with E-state index in [-0.39, 0.29) is 0 Å². The normalized spacial score (nSPS) is 11.9. The van der Waals surface area contributed by atoms with Crippen molar-refractivity contribution in [3.63, 3.8) is 0 Å². The van der Waals surface area contributed by atoms with Crippen molar-refractivity contribution in [3.05, 3.63) is 176 Å². The largest absolute Gasteiger partial charge is 0.456 e. The molecule has 12 rings (SSSR count). The minimum atomic E-state index is 0.596. The number of aromatic nitrogens is 3. The summed E-state index contributed by atoms with van der Waals surface area (Å²) in [5.74, 6) is 1.84. The van der Waals surface area contributed by atoms with E-state index in [1.54, 1.807) is 0 Å². The van der Waals surface area contributed by atoms with E-state index in [4.69, 9.17) is 23.8 Å². The molecule has 12 aromatic rings. The Hall–Kier alpha value is -7.41. The number of hydrogen-bond acceptors (Lipinski definition) is 6. The van der Waals surface area contributed by atoms with Crippen LogP contribution >= 0.6 is 11.3 Å². The molecule has 0 atom stereocenters. The monoisotopic (exact) mass is 747 g/mol. The summed E-state index contributed by atoms with van der Waals surface area (Å²) in [7, 11) is 0. The predicted octanol–water partition coefficient (Wildman–Crippen LogP) is 14.4. The molecule has 5 nitrogen and oxygen atoms in total. The first-order valence-corrected chi connectivity index (χ1v) is 19.8. The highest BCUT2D eigenvalue weighted by Gasteiger charge is 2.23. The van der Waals surface area contributed by atoms with Gasteiger partial charge in [-0.3, -0.25) is 0 Å². The molecule has 6 heteroatoms. The minimum absolute atomic E-state index is 0.596. The molecule has 0 aliphatic rings. The second kappa shape index (κ2) is 12.6. The highest BCUT2D eigenvalue weighted by atomic mass is 32.1. The molecular weight excluding hydrogens is 719 g/mol. The highest BCUT2D eigenvalue weighted by molar-refractivity contribution is 7.26. The molecular formula is C51H29N3O2S. The molecule has 0 bridgehead atoms. The van der Waals surface area contributed by atoms with E-state index < -0.39 is 0 Å². The first-order chi connectivity index (χ1) is 28.3. The van der Waals surface area contributed by atoms with E-state index in [0.717, 1.165) is 77.3 Å². The third kappa shape index (κ3) is 4.98. The number of fused-ring (bicyclic) bond motifs is 9. The molecule has 266 valence electrons. The first kappa shape index (κ1) is 31.9. The summed E-state index contributed by atoms with van der Waals surface area (Å²) in [6.07, 6.45) is 0. The lowest BCUT2D eigenvalue weighted by atomic mass is 9.92. The van der Waals surface area contributed by atoms with Crippen molar-refractivity contribution in [1.82, 2.24) is 15.0 Å². The third-order valence-electron chi connectivity index (χ3n) is 11.0. The maximum absolute atomic E-state index is 6.88. The molecule has 0 saturated heterocycles. The lowest BCUT2D eigenvalue weighted by molar-refractivity contribution is 0.669. The van der Waals surface area contributed by atoms with E-state index in [1.807, 2.05) is 96.3 Å². The van der Waals surface area contributed by atoms with Crippen LogP contribution in [-0.2, 0) is 0 Å². The van der Waals surface area contributed by atoms with Crippen molar-refractivity contribution in [2.45, 2.75) is 0 Å². The summed E-state index contributed by atoms with van der Waals surface area (Å²) in [5, 5.41) is 6.69. The van der Waals surface area contributed by atoms with Crippen molar-refractivity contribution < 1.29 is 8.83 Å². The van der Waals surface area contributed by atoms with Gasteiger partial charge in [0.2, 0.25) is 0 Å². The Labute approximate surface area is 330 Å². The standard InChI is InChI=1S/C51H29N3O2S/c1-3-14-30(15-4-1)49-52-50(31-16-5-2-6-17-31)54-51(53-49)39-23-13-26-42-45(39)38-22-11-21-34(47(38)56-42)35-29-28-33(46-37-19-8-10-27-43(37)57-48(35)46)32-20-12-25-41-44(32)36-18-7-9-24-40(36)55-41/h1-29H. The molecule has 0 fully saturated rings. The maximum atomic E-state index is 6.88. The fourth-order valence-corrected chi connectivity index (χ4v) is 9.70. The van der Waals surface area contributed by atoms with Crippen molar-refractivity contribution in [2.24, 2.45) is 0 Å². The van der Waals surface area contributed by atoms with E-state index in [1.165, 1.54) is 25.7 Å². The molecule has 8 aromatic carbocycles. The van der Waals surface area contributed by atoms with Gasteiger partial charge in [0.1, 0.15) is 22.3 Å². The molecule has 57 heavy (non-hydrogen) atoms. The van der Waals surface area contributed by atoms with E-state index in [9.17, 15) is 0 Å². The van der Waals surface area contributed by atoms with Gasteiger partial charge in [0.25, 0.3) is 0 Å². The van der Waals surface area contributed by atoms with Crippen molar-refractivity contribution in [2.75, 3.05) is 0 Å². The molecule has 4 heterocycles. The van der Waals surface area contributed by atoms with E-state index >= 15 is 0 Å². The number of para-hydroxylation sites is 2. The van der Waals surface area contributed by atoms with Gasteiger partial charge in [-0.2, -0.15) is 0 Å². The second-order valence-corrected chi connectivity index (χ2v) is 15.3. The smallest absolute Gasteiger partial charge is 0.164 e. The van der Waals surface area contributed by atoms with Crippen LogP contribution in [0.15, 0.2) is 185 Å². The second-order valence-electron chi connectivity index (χ2n) is 14.2. The van der Waals surface area contributed by atoms with E-state index in [0.29, 0.717) is 17.5 Å². The van der Waals surface area contributed by atoms with Crippen LogP contribution in [0.25, 0.3) is 120 Å². The summed E-state index contributed by atoms with van der Waals surface area (Å²) >= 11 is 1.83. The molecule has 0 spiro atoms. The van der Waals surface area contributed by atoms with Crippen LogP contribution < -0.4 is 0 Å². The Morgan fingerprint density at radius 1 is 0.333 bits per heavy atom. The number of thiophene rings is 1. The number of furan rings is 2. The predicted molar refractivity (Wildman–Crippen MR) is 234 cm³/mol. The topological polar surface area (TPSA) is 65.0 Å². The van der Waals surface area contributed by atoms with Crippen LogP contribution in [0, 0.1) is 0 Å². The number of benzene rings is 8. The number of hydrogen-bond donors (Lipinski definition) is 0. The SMILES string of the molecule is c1ccc(-c2nc(-c3ccccc3)nc(-c3cccc4oc5c(-c6ccc(-c7cccc8oc9ccccc9c78)c7c6sc6ccccc67)cccc5c34)n2)cc1. The zero-order valence-corrected chi connectivity index (χ0v) is 31.1. The van der Waals surface area contributed by atoms with Crippen LogP contribution in [0.3, 0.4) is 0 Å². The highest BCUT2D eigenvalue weighted by Crippen LogP contribution is 2.49. The molecule has 4 aromatic heterocycles. The van der Waals surface area contributed by atoms with Gasteiger partial charge in [-0.25, -0.2) is 15.0 Å². The quantitative estimate of drug-likeness (QED) is 0.175. The van der Waals surface area contributed by atoms with Gasteiger partial charge in [0.15, 0.2) is 17.5 Å². The molecule has 0 aliphatic carbocycles.